The minimum absolute atomic E-state index is 0.00245. The van der Waals surface area contributed by atoms with Crippen molar-refractivity contribution in [1.82, 2.24) is 4.90 Å². The Kier molecular flexibility index (Phi) is 4.91. The van der Waals surface area contributed by atoms with E-state index >= 15 is 0 Å². The highest BCUT2D eigenvalue weighted by Crippen LogP contribution is 2.31. The number of hydrogen-bond donors (Lipinski definition) is 0. The topological polar surface area (TPSA) is 63.7 Å². The van der Waals surface area contributed by atoms with Crippen LogP contribution in [0.5, 0.6) is 5.75 Å². The molecule has 0 saturated carbocycles. The van der Waals surface area contributed by atoms with Crippen LogP contribution < -0.4 is 4.74 Å². The minimum atomic E-state index is -3.28. The highest BCUT2D eigenvalue weighted by molar-refractivity contribution is 7.91. The lowest BCUT2D eigenvalue weighted by atomic mass is 9.95. The van der Waals surface area contributed by atoms with Crippen LogP contribution in [0.2, 0.25) is 0 Å². The third-order valence-electron chi connectivity index (χ3n) is 5.45. The van der Waals surface area contributed by atoms with Gasteiger partial charge in [-0.05, 0) is 30.0 Å². The molecule has 2 aliphatic rings. The summed E-state index contributed by atoms with van der Waals surface area (Å²) in [6.07, 6.45) is 1.07. The number of sulfone groups is 1. The molecule has 2 atom stereocenters. The van der Waals surface area contributed by atoms with Crippen LogP contribution in [0, 0.1) is 5.92 Å². The van der Waals surface area contributed by atoms with Crippen LogP contribution in [0.1, 0.15) is 22.8 Å². The molecule has 1 amide bonds. The molecule has 0 bridgehead atoms. The maximum Gasteiger partial charge on any atom is 0.229 e. The minimum Gasteiger partial charge on any atom is -0.492 e. The highest BCUT2D eigenvalue weighted by atomic mass is 32.2. The molecule has 142 valence electrons. The maximum absolute atomic E-state index is 13.0. The van der Waals surface area contributed by atoms with Crippen molar-refractivity contribution in [3.63, 3.8) is 0 Å². The molecular weight excluding hydrogens is 362 g/mol. The monoisotopic (exact) mass is 385 g/mol. The van der Waals surface area contributed by atoms with Gasteiger partial charge in [0.25, 0.3) is 0 Å². The van der Waals surface area contributed by atoms with E-state index in [2.05, 4.69) is 0 Å². The van der Waals surface area contributed by atoms with Crippen molar-refractivity contribution in [3.8, 4) is 5.75 Å². The molecule has 0 aromatic heterocycles. The van der Waals surface area contributed by atoms with Gasteiger partial charge in [-0.25, -0.2) is 8.42 Å². The first-order chi connectivity index (χ1) is 13.0. The first-order valence-electron chi connectivity index (χ1n) is 9.30. The van der Waals surface area contributed by atoms with E-state index in [1.807, 2.05) is 54.6 Å². The van der Waals surface area contributed by atoms with Crippen LogP contribution in [-0.2, 0) is 21.1 Å². The molecule has 1 saturated heterocycles. The van der Waals surface area contributed by atoms with E-state index in [9.17, 15) is 13.2 Å². The predicted octanol–water partition coefficient (Wildman–Crippen LogP) is 2.63. The van der Waals surface area contributed by atoms with Crippen LogP contribution in [0.25, 0.3) is 0 Å². The number of carbonyl (C=O) groups excluding carboxylic acids is 1. The third-order valence-corrected chi connectivity index (χ3v) is 7.58. The Hall–Kier alpha value is -2.34. The normalized spacial score (nSPS) is 24.4. The molecule has 1 fully saturated rings. The van der Waals surface area contributed by atoms with Crippen molar-refractivity contribution in [2.45, 2.75) is 18.1 Å². The number of benzene rings is 2. The number of fused-ring (bicyclic) bond motifs is 1. The Morgan fingerprint density at radius 3 is 2.56 bits per heavy atom. The summed E-state index contributed by atoms with van der Waals surface area (Å²) in [5.74, 6) is 0.580. The molecule has 2 heterocycles. The van der Waals surface area contributed by atoms with E-state index < -0.39 is 15.1 Å². The largest absolute Gasteiger partial charge is 0.492 e. The summed E-state index contributed by atoms with van der Waals surface area (Å²) in [6.45, 7) is 1.06. The van der Waals surface area contributed by atoms with Gasteiger partial charge >= 0.3 is 0 Å². The Balaban J connectivity index is 1.49. The third kappa shape index (κ3) is 3.72. The second kappa shape index (κ2) is 7.35. The molecule has 5 nitrogen and oxygen atoms in total. The fourth-order valence-corrected chi connectivity index (χ4v) is 5.75. The van der Waals surface area contributed by atoms with Crippen molar-refractivity contribution in [2.75, 3.05) is 25.4 Å². The van der Waals surface area contributed by atoms with Gasteiger partial charge in [0.15, 0.2) is 9.84 Å². The first kappa shape index (κ1) is 18.0. The lowest BCUT2D eigenvalue weighted by molar-refractivity contribution is -0.136. The van der Waals surface area contributed by atoms with Crippen LogP contribution in [-0.4, -0.2) is 44.7 Å². The number of nitrogens with zero attached hydrogens (tertiary/aromatic N) is 1. The van der Waals surface area contributed by atoms with Crippen molar-refractivity contribution in [1.29, 1.82) is 0 Å². The number of ether oxygens (including phenoxy) is 1. The van der Waals surface area contributed by atoms with Crippen LogP contribution >= 0.6 is 0 Å². The van der Waals surface area contributed by atoms with Gasteiger partial charge in [-0.1, -0.05) is 48.5 Å². The fourth-order valence-electron chi connectivity index (χ4n) is 3.95. The van der Waals surface area contributed by atoms with Gasteiger partial charge < -0.3 is 9.64 Å². The summed E-state index contributed by atoms with van der Waals surface area (Å²) in [6, 6.07) is 17.1. The highest BCUT2D eigenvalue weighted by Gasteiger charge is 2.35. The zero-order valence-corrected chi connectivity index (χ0v) is 15.9. The molecule has 27 heavy (non-hydrogen) atoms. The molecule has 2 aliphatic heterocycles. The van der Waals surface area contributed by atoms with Gasteiger partial charge in [-0.2, -0.15) is 0 Å². The Labute approximate surface area is 159 Å². The van der Waals surface area contributed by atoms with Crippen molar-refractivity contribution in [3.05, 3.63) is 65.7 Å². The molecule has 4 rings (SSSR count). The van der Waals surface area contributed by atoms with Gasteiger partial charge in [0.2, 0.25) is 5.91 Å². The van der Waals surface area contributed by atoms with E-state index in [0.29, 0.717) is 26.0 Å². The number of para-hydroxylation sites is 1. The lowest BCUT2D eigenvalue weighted by Gasteiger charge is -2.29. The lowest BCUT2D eigenvalue weighted by Crippen LogP contribution is -2.42. The zero-order chi connectivity index (χ0) is 18.9. The van der Waals surface area contributed by atoms with Gasteiger partial charge in [0.1, 0.15) is 12.4 Å². The molecule has 2 aromatic rings. The van der Waals surface area contributed by atoms with E-state index in [0.717, 1.165) is 16.9 Å². The molecule has 2 aromatic carbocycles. The van der Waals surface area contributed by atoms with Gasteiger partial charge in [0.05, 0.1) is 16.9 Å². The molecule has 0 aliphatic carbocycles. The molecular formula is C21H23NO4S. The number of hydrogen-bond acceptors (Lipinski definition) is 4. The second-order valence-electron chi connectivity index (χ2n) is 7.20. The molecule has 6 heteroatoms. The number of rotatable bonds is 2. The number of amides is 1. The van der Waals surface area contributed by atoms with E-state index in [1.54, 1.807) is 4.90 Å². The average Bonchev–Trinajstić information content (AvgIpc) is 2.85. The Bertz CT molecular complexity index is 926. The van der Waals surface area contributed by atoms with E-state index in [1.165, 1.54) is 0 Å². The smallest absolute Gasteiger partial charge is 0.229 e. The van der Waals surface area contributed by atoms with Gasteiger partial charge in [0, 0.05) is 13.1 Å². The first-order valence-corrected chi connectivity index (χ1v) is 11.0. The average molecular weight is 385 g/mol. The fraction of sp³-hybridized carbons (Fsp3) is 0.381. The molecule has 0 spiro atoms. The zero-order valence-electron chi connectivity index (χ0n) is 15.1. The molecule has 0 N–H and O–H groups in total. The molecule has 0 unspecified atom stereocenters. The Morgan fingerprint density at radius 2 is 1.74 bits per heavy atom. The van der Waals surface area contributed by atoms with Crippen LogP contribution in [0.4, 0.5) is 0 Å². The van der Waals surface area contributed by atoms with E-state index in [4.69, 9.17) is 4.74 Å². The van der Waals surface area contributed by atoms with Crippen molar-refractivity contribution >= 4 is 15.7 Å². The molecule has 0 radical (unpaired) electrons. The van der Waals surface area contributed by atoms with Crippen LogP contribution in [0.15, 0.2) is 54.6 Å². The standard InChI is InChI=1S/C21H23NO4S/c23-21(18-14-17-8-4-5-9-19(17)26-15-18)22-11-10-20(27(24,25)13-12-22)16-6-2-1-3-7-16/h1-9,18,20H,10-15H2/t18-,20-/m1/s1. The summed E-state index contributed by atoms with van der Waals surface area (Å²) >= 11 is 0. The summed E-state index contributed by atoms with van der Waals surface area (Å²) in [5, 5.41) is -0.542. The SMILES string of the molecule is O=C([C@H]1COc2ccccc2C1)N1CC[C@H](c2ccccc2)S(=O)(=O)CC1. The second-order valence-corrected chi connectivity index (χ2v) is 9.50. The van der Waals surface area contributed by atoms with Crippen LogP contribution in [0.3, 0.4) is 0 Å². The maximum atomic E-state index is 13.0. The summed E-state index contributed by atoms with van der Waals surface area (Å²) < 4.78 is 31.2. The van der Waals surface area contributed by atoms with E-state index in [-0.39, 0.29) is 24.1 Å². The summed E-state index contributed by atoms with van der Waals surface area (Å²) in [5.41, 5.74) is 1.84. The van der Waals surface area contributed by atoms with Crippen molar-refractivity contribution < 1.29 is 17.9 Å². The number of carbonyl (C=O) groups is 1. The van der Waals surface area contributed by atoms with Gasteiger partial charge in [-0.3, -0.25) is 4.79 Å². The van der Waals surface area contributed by atoms with Gasteiger partial charge in [-0.15, -0.1) is 0 Å². The van der Waals surface area contributed by atoms with Crippen molar-refractivity contribution in [2.24, 2.45) is 5.92 Å². The Morgan fingerprint density at radius 1 is 1.00 bits per heavy atom. The predicted molar refractivity (Wildman–Crippen MR) is 103 cm³/mol. The quantitative estimate of drug-likeness (QED) is 0.797. The summed E-state index contributed by atoms with van der Waals surface area (Å²) in [7, 11) is -3.28. The summed E-state index contributed by atoms with van der Waals surface area (Å²) in [4.78, 5) is 14.7.